The summed E-state index contributed by atoms with van der Waals surface area (Å²) in [5.74, 6) is 0.885. The van der Waals surface area contributed by atoms with Crippen molar-refractivity contribution in [2.75, 3.05) is 24.3 Å². The lowest BCUT2D eigenvalue weighted by molar-refractivity contribution is 1.13. The van der Waals surface area contributed by atoms with Gasteiger partial charge in [0.25, 0.3) is 0 Å². The van der Waals surface area contributed by atoms with Crippen LogP contribution in [0.2, 0.25) is 5.02 Å². The molecule has 0 aliphatic rings. The van der Waals surface area contributed by atoms with Gasteiger partial charge in [0.1, 0.15) is 11.5 Å². The standard InChI is InChI=1S/C21H20ClN5/c1-14-17(22)5-4-6-18(14)24-21-20(25-19-13-23-11-12-27(19)21)15-7-9-16(10-8-15)26(2)3/h4-13,24H,1-3H3. The van der Waals surface area contributed by atoms with Gasteiger partial charge in [0.2, 0.25) is 0 Å². The third kappa shape index (κ3) is 3.22. The summed E-state index contributed by atoms with van der Waals surface area (Å²) in [7, 11) is 4.06. The molecule has 2 aromatic heterocycles. The van der Waals surface area contributed by atoms with Gasteiger partial charge in [0.15, 0.2) is 5.65 Å². The van der Waals surface area contributed by atoms with E-state index in [4.69, 9.17) is 16.6 Å². The van der Waals surface area contributed by atoms with E-state index in [1.165, 1.54) is 0 Å². The summed E-state index contributed by atoms with van der Waals surface area (Å²) in [5.41, 5.74) is 5.78. The molecule has 0 bridgehead atoms. The molecule has 0 aliphatic heterocycles. The Morgan fingerprint density at radius 1 is 1.07 bits per heavy atom. The molecular formula is C21H20ClN5. The Morgan fingerprint density at radius 2 is 1.85 bits per heavy atom. The molecule has 2 aromatic carbocycles. The fourth-order valence-electron chi connectivity index (χ4n) is 3.02. The molecule has 0 saturated heterocycles. The van der Waals surface area contributed by atoms with Crippen LogP contribution in [-0.2, 0) is 0 Å². The first-order valence-corrected chi connectivity index (χ1v) is 9.04. The van der Waals surface area contributed by atoms with E-state index in [9.17, 15) is 0 Å². The van der Waals surface area contributed by atoms with Crippen molar-refractivity contribution in [1.82, 2.24) is 14.4 Å². The molecule has 1 N–H and O–H groups in total. The molecule has 0 fully saturated rings. The van der Waals surface area contributed by atoms with Crippen molar-refractivity contribution in [3.05, 3.63) is 71.6 Å². The van der Waals surface area contributed by atoms with E-state index in [0.29, 0.717) is 0 Å². The van der Waals surface area contributed by atoms with Gasteiger partial charge in [-0.25, -0.2) is 4.98 Å². The first kappa shape index (κ1) is 17.4. The van der Waals surface area contributed by atoms with Crippen molar-refractivity contribution < 1.29 is 0 Å². The summed E-state index contributed by atoms with van der Waals surface area (Å²) in [6.07, 6.45) is 5.42. The molecule has 4 aromatic rings. The number of nitrogens with one attached hydrogen (secondary N) is 1. The maximum atomic E-state index is 6.30. The van der Waals surface area contributed by atoms with Crippen LogP contribution in [0.3, 0.4) is 0 Å². The van der Waals surface area contributed by atoms with Crippen molar-refractivity contribution >= 4 is 34.4 Å². The second kappa shape index (κ2) is 6.93. The van der Waals surface area contributed by atoms with Gasteiger partial charge < -0.3 is 10.2 Å². The molecule has 6 heteroatoms. The maximum Gasteiger partial charge on any atom is 0.157 e. The number of halogens is 1. The van der Waals surface area contributed by atoms with Crippen molar-refractivity contribution in [3.63, 3.8) is 0 Å². The summed E-state index contributed by atoms with van der Waals surface area (Å²) in [6, 6.07) is 14.2. The summed E-state index contributed by atoms with van der Waals surface area (Å²) < 4.78 is 2.00. The van der Waals surface area contributed by atoms with Gasteiger partial charge >= 0.3 is 0 Å². The van der Waals surface area contributed by atoms with E-state index >= 15 is 0 Å². The zero-order valence-electron chi connectivity index (χ0n) is 15.4. The number of hydrogen-bond donors (Lipinski definition) is 1. The SMILES string of the molecule is Cc1c(Cl)cccc1Nc1c(-c2ccc(N(C)C)cc2)nc2cnccn12. The van der Waals surface area contributed by atoms with E-state index in [1.807, 2.05) is 49.8 Å². The minimum atomic E-state index is 0.729. The molecule has 136 valence electrons. The van der Waals surface area contributed by atoms with Crippen LogP contribution < -0.4 is 10.2 Å². The molecule has 0 amide bonds. The van der Waals surface area contributed by atoms with Gasteiger partial charge in [0, 0.05) is 48.4 Å². The number of hydrogen-bond acceptors (Lipinski definition) is 4. The summed E-state index contributed by atoms with van der Waals surface area (Å²) in [4.78, 5) is 11.1. The Labute approximate surface area is 163 Å². The number of fused-ring (bicyclic) bond motifs is 1. The first-order chi connectivity index (χ1) is 13.0. The topological polar surface area (TPSA) is 45.5 Å². The molecular weight excluding hydrogens is 358 g/mol. The number of benzene rings is 2. The molecule has 0 spiro atoms. The number of aromatic nitrogens is 3. The smallest absolute Gasteiger partial charge is 0.157 e. The Kier molecular flexibility index (Phi) is 4.46. The highest BCUT2D eigenvalue weighted by Crippen LogP contribution is 2.33. The van der Waals surface area contributed by atoms with Crippen molar-refractivity contribution in [2.24, 2.45) is 0 Å². The molecule has 0 unspecified atom stereocenters. The molecule has 0 aliphatic carbocycles. The normalized spacial score (nSPS) is 11.0. The number of imidazole rings is 1. The van der Waals surface area contributed by atoms with Crippen LogP contribution in [0, 0.1) is 6.92 Å². The second-order valence-corrected chi connectivity index (χ2v) is 7.00. The maximum absolute atomic E-state index is 6.30. The highest BCUT2D eigenvalue weighted by atomic mass is 35.5. The van der Waals surface area contributed by atoms with Crippen LogP contribution in [0.25, 0.3) is 16.9 Å². The van der Waals surface area contributed by atoms with Crippen molar-refractivity contribution in [3.8, 4) is 11.3 Å². The number of rotatable bonds is 4. The van der Waals surface area contributed by atoms with Crippen LogP contribution in [0.15, 0.2) is 61.1 Å². The zero-order chi connectivity index (χ0) is 19.0. The van der Waals surface area contributed by atoms with Gasteiger partial charge in [-0.1, -0.05) is 29.8 Å². The molecule has 0 atom stereocenters. The second-order valence-electron chi connectivity index (χ2n) is 6.59. The quantitative estimate of drug-likeness (QED) is 0.533. The molecule has 5 nitrogen and oxygen atoms in total. The number of anilines is 3. The van der Waals surface area contributed by atoms with Crippen LogP contribution in [0.1, 0.15) is 5.56 Å². The minimum Gasteiger partial charge on any atom is -0.378 e. The predicted octanol–water partition coefficient (Wildman–Crippen LogP) is 5.17. The molecule has 4 rings (SSSR count). The largest absolute Gasteiger partial charge is 0.378 e. The van der Waals surface area contributed by atoms with Crippen molar-refractivity contribution in [1.29, 1.82) is 0 Å². The lowest BCUT2D eigenvalue weighted by Gasteiger charge is -2.14. The van der Waals surface area contributed by atoms with Gasteiger partial charge in [0.05, 0.1) is 6.20 Å². The Balaban J connectivity index is 1.85. The third-order valence-corrected chi connectivity index (χ3v) is 5.02. The van der Waals surface area contributed by atoms with Gasteiger partial charge in [-0.15, -0.1) is 0 Å². The summed E-state index contributed by atoms with van der Waals surface area (Å²) in [6.45, 7) is 2.00. The Hall–Kier alpha value is -3.05. The molecule has 2 heterocycles. The Morgan fingerprint density at radius 3 is 2.59 bits per heavy atom. The summed E-state index contributed by atoms with van der Waals surface area (Å²) >= 11 is 6.30. The summed E-state index contributed by atoms with van der Waals surface area (Å²) in [5, 5.41) is 4.25. The lowest BCUT2D eigenvalue weighted by atomic mass is 10.1. The van der Waals surface area contributed by atoms with Crippen molar-refractivity contribution in [2.45, 2.75) is 6.92 Å². The minimum absolute atomic E-state index is 0.729. The Bertz CT molecular complexity index is 1100. The van der Waals surface area contributed by atoms with Gasteiger partial charge in [-0.3, -0.25) is 9.38 Å². The van der Waals surface area contributed by atoms with Gasteiger partial charge in [-0.05, 0) is 36.8 Å². The number of nitrogens with zero attached hydrogens (tertiary/aromatic N) is 4. The molecule has 0 radical (unpaired) electrons. The van der Waals surface area contributed by atoms with E-state index in [0.717, 1.165) is 44.7 Å². The van der Waals surface area contributed by atoms with E-state index in [-0.39, 0.29) is 0 Å². The fraction of sp³-hybridized carbons (Fsp3) is 0.143. The average Bonchev–Trinajstić information content (AvgIpc) is 3.04. The first-order valence-electron chi connectivity index (χ1n) is 8.66. The van der Waals surface area contributed by atoms with Crippen LogP contribution in [0.4, 0.5) is 17.2 Å². The van der Waals surface area contributed by atoms with Crippen LogP contribution >= 0.6 is 11.6 Å². The monoisotopic (exact) mass is 377 g/mol. The van der Waals surface area contributed by atoms with Gasteiger partial charge in [-0.2, -0.15) is 0 Å². The highest BCUT2D eigenvalue weighted by Gasteiger charge is 2.16. The van der Waals surface area contributed by atoms with Crippen LogP contribution in [0.5, 0.6) is 0 Å². The molecule has 0 saturated carbocycles. The predicted molar refractivity (Wildman–Crippen MR) is 112 cm³/mol. The van der Waals surface area contributed by atoms with E-state index < -0.39 is 0 Å². The third-order valence-electron chi connectivity index (χ3n) is 4.61. The molecule has 27 heavy (non-hydrogen) atoms. The zero-order valence-corrected chi connectivity index (χ0v) is 16.2. The highest BCUT2D eigenvalue weighted by molar-refractivity contribution is 6.31. The average molecular weight is 378 g/mol. The van der Waals surface area contributed by atoms with E-state index in [1.54, 1.807) is 12.4 Å². The van der Waals surface area contributed by atoms with Crippen LogP contribution in [-0.4, -0.2) is 28.5 Å². The van der Waals surface area contributed by atoms with E-state index in [2.05, 4.69) is 39.5 Å². The fourth-order valence-corrected chi connectivity index (χ4v) is 3.19. The lowest BCUT2D eigenvalue weighted by Crippen LogP contribution is -2.08.